The smallest absolute Gasteiger partial charge is 0.207 e. The van der Waals surface area contributed by atoms with Crippen LogP contribution in [0.1, 0.15) is 17.2 Å². The highest BCUT2D eigenvalue weighted by Gasteiger charge is 2.29. The van der Waals surface area contributed by atoms with Crippen molar-refractivity contribution in [3.05, 3.63) is 64.1 Å². The lowest BCUT2D eigenvalue weighted by molar-refractivity contribution is 0.426. The average molecular weight is 448 g/mol. The molecule has 3 nitrogen and oxygen atoms in total. The van der Waals surface area contributed by atoms with E-state index in [9.17, 15) is 17.2 Å². The minimum absolute atomic E-state index is 0.232. The summed E-state index contributed by atoms with van der Waals surface area (Å²) in [5.74, 6) is -0.417. The minimum atomic E-state index is -3.59. The highest BCUT2D eigenvalue weighted by molar-refractivity contribution is 9.10. The molecular formula is C17H16BrF2NO2S2. The van der Waals surface area contributed by atoms with E-state index in [1.165, 1.54) is 22.1 Å². The van der Waals surface area contributed by atoms with Gasteiger partial charge in [-0.25, -0.2) is 17.2 Å². The Kier molecular flexibility index (Phi) is 5.82. The zero-order valence-electron chi connectivity index (χ0n) is 13.2. The number of halogens is 3. The molecule has 1 atom stereocenters. The molecule has 0 saturated carbocycles. The van der Waals surface area contributed by atoms with E-state index in [4.69, 9.17) is 0 Å². The standard InChI is InChI=1S/C17H16BrF2NO2S2/c18-12-1-4-14(5-2-12)25(22,23)21-8-7-17(24-10-9-21)15-11-13(19)3-6-16(15)20/h1-6,11,17H,7-10H2/t17-/m1/s1. The van der Waals surface area contributed by atoms with Crippen LogP contribution in [0.15, 0.2) is 51.8 Å². The number of rotatable bonds is 3. The minimum Gasteiger partial charge on any atom is -0.207 e. The van der Waals surface area contributed by atoms with Crippen molar-refractivity contribution < 1.29 is 17.2 Å². The molecule has 25 heavy (non-hydrogen) atoms. The molecular weight excluding hydrogens is 432 g/mol. The van der Waals surface area contributed by atoms with Crippen molar-refractivity contribution in [1.82, 2.24) is 4.31 Å². The highest BCUT2D eigenvalue weighted by Crippen LogP contribution is 2.37. The molecule has 0 radical (unpaired) electrons. The van der Waals surface area contributed by atoms with Crippen LogP contribution in [0.25, 0.3) is 0 Å². The first-order valence-electron chi connectivity index (χ1n) is 7.70. The number of benzene rings is 2. The van der Waals surface area contributed by atoms with Crippen LogP contribution < -0.4 is 0 Å². The van der Waals surface area contributed by atoms with Crippen LogP contribution in [0.5, 0.6) is 0 Å². The maximum atomic E-state index is 14.0. The monoisotopic (exact) mass is 447 g/mol. The number of hydrogen-bond acceptors (Lipinski definition) is 3. The molecule has 1 saturated heterocycles. The Morgan fingerprint density at radius 2 is 1.80 bits per heavy atom. The van der Waals surface area contributed by atoms with Crippen LogP contribution in [0.3, 0.4) is 0 Å². The van der Waals surface area contributed by atoms with Gasteiger partial charge in [0.1, 0.15) is 11.6 Å². The summed E-state index contributed by atoms with van der Waals surface area (Å²) >= 11 is 4.75. The van der Waals surface area contributed by atoms with Crippen molar-refractivity contribution in [2.24, 2.45) is 0 Å². The van der Waals surface area contributed by atoms with Gasteiger partial charge in [-0.3, -0.25) is 0 Å². The van der Waals surface area contributed by atoms with E-state index < -0.39 is 21.7 Å². The first-order valence-corrected chi connectivity index (χ1v) is 11.0. The van der Waals surface area contributed by atoms with Gasteiger partial charge >= 0.3 is 0 Å². The third kappa shape index (κ3) is 4.24. The maximum absolute atomic E-state index is 14.0. The molecule has 0 N–H and O–H groups in total. The number of thioether (sulfide) groups is 1. The molecule has 2 aromatic carbocycles. The van der Waals surface area contributed by atoms with Gasteiger partial charge < -0.3 is 0 Å². The predicted molar refractivity (Wildman–Crippen MR) is 99.1 cm³/mol. The second-order valence-electron chi connectivity index (χ2n) is 5.67. The second-order valence-corrected chi connectivity index (χ2v) is 9.84. The Balaban J connectivity index is 1.79. The number of nitrogens with zero attached hydrogens (tertiary/aromatic N) is 1. The van der Waals surface area contributed by atoms with Gasteiger partial charge in [0, 0.05) is 34.1 Å². The van der Waals surface area contributed by atoms with E-state index >= 15 is 0 Å². The van der Waals surface area contributed by atoms with Crippen molar-refractivity contribution in [3.63, 3.8) is 0 Å². The van der Waals surface area contributed by atoms with E-state index in [0.29, 0.717) is 24.3 Å². The summed E-state index contributed by atoms with van der Waals surface area (Å²) < 4.78 is 55.2. The summed E-state index contributed by atoms with van der Waals surface area (Å²) in [4.78, 5) is 0.232. The van der Waals surface area contributed by atoms with Crippen molar-refractivity contribution in [2.45, 2.75) is 16.6 Å². The SMILES string of the molecule is O=S(=O)(c1ccc(Br)cc1)N1CCS[C@@H](c2cc(F)ccc2F)CC1. The van der Waals surface area contributed by atoms with Crippen LogP contribution in [-0.4, -0.2) is 31.6 Å². The summed E-state index contributed by atoms with van der Waals surface area (Å²) in [5, 5.41) is -0.263. The van der Waals surface area contributed by atoms with E-state index in [2.05, 4.69) is 15.9 Å². The molecule has 0 aliphatic carbocycles. The molecule has 0 spiro atoms. The van der Waals surface area contributed by atoms with Gasteiger partial charge in [-0.15, -0.1) is 0 Å². The molecule has 3 rings (SSSR count). The number of hydrogen-bond donors (Lipinski definition) is 0. The van der Waals surface area contributed by atoms with Crippen molar-refractivity contribution in [3.8, 4) is 0 Å². The third-order valence-electron chi connectivity index (χ3n) is 4.06. The van der Waals surface area contributed by atoms with Gasteiger partial charge in [-0.1, -0.05) is 15.9 Å². The van der Waals surface area contributed by atoms with Crippen LogP contribution in [0.4, 0.5) is 8.78 Å². The van der Waals surface area contributed by atoms with Gasteiger partial charge in [0.2, 0.25) is 10.0 Å². The lowest BCUT2D eigenvalue weighted by Gasteiger charge is -2.20. The zero-order chi connectivity index (χ0) is 18.0. The normalized spacial score (nSPS) is 19.6. The Hall–Kier alpha value is -0.960. The fourth-order valence-corrected chi connectivity index (χ4v) is 5.83. The van der Waals surface area contributed by atoms with Gasteiger partial charge in [0.15, 0.2) is 0 Å². The molecule has 134 valence electrons. The Morgan fingerprint density at radius 1 is 1.08 bits per heavy atom. The summed E-state index contributed by atoms with van der Waals surface area (Å²) in [6.07, 6.45) is 0.431. The first kappa shape index (κ1) is 18.8. The zero-order valence-corrected chi connectivity index (χ0v) is 16.4. The lowest BCUT2D eigenvalue weighted by Crippen LogP contribution is -2.33. The molecule has 0 amide bonds. The van der Waals surface area contributed by atoms with Gasteiger partial charge in [-0.2, -0.15) is 16.1 Å². The Morgan fingerprint density at radius 3 is 2.52 bits per heavy atom. The molecule has 1 heterocycles. The van der Waals surface area contributed by atoms with E-state index in [1.807, 2.05) is 0 Å². The number of sulfonamides is 1. The lowest BCUT2D eigenvalue weighted by atomic mass is 10.1. The molecule has 8 heteroatoms. The predicted octanol–water partition coefficient (Wildman–Crippen LogP) is 4.60. The quantitative estimate of drug-likeness (QED) is 0.689. The van der Waals surface area contributed by atoms with Crippen molar-refractivity contribution in [1.29, 1.82) is 0 Å². The molecule has 2 aromatic rings. The average Bonchev–Trinajstić information content (AvgIpc) is 2.84. The fourth-order valence-electron chi connectivity index (χ4n) is 2.76. The Bertz CT molecular complexity index is 859. The van der Waals surface area contributed by atoms with E-state index in [0.717, 1.165) is 16.6 Å². The Labute approximate surface area is 158 Å². The molecule has 0 bridgehead atoms. The molecule has 0 unspecified atom stereocenters. The maximum Gasteiger partial charge on any atom is 0.243 e. The van der Waals surface area contributed by atoms with Gasteiger partial charge in [0.05, 0.1) is 4.90 Å². The van der Waals surface area contributed by atoms with Crippen LogP contribution >= 0.6 is 27.7 Å². The van der Waals surface area contributed by atoms with Crippen LogP contribution in [0.2, 0.25) is 0 Å². The van der Waals surface area contributed by atoms with Gasteiger partial charge in [0.25, 0.3) is 0 Å². The van der Waals surface area contributed by atoms with E-state index in [1.54, 1.807) is 24.3 Å². The molecule has 1 aliphatic heterocycles. The van der Waals surface area contributed by atoms with Crippen molar-refractivity contribution >= 4 is 37.7 Å². The summed E-state index contributed by atoms with van der Waals surface area (Å²) in [5.41, 5.74) is 0.299. The first-order chi connectivity index (χ1) is 11.9. The van der Waals surface area contributed by atoms with Crippen molar-refractivity contribution in [2.75, 3.05) is 18.8 Å². The third-order valence-corrected chi connectivity index (χ3v) is 7.81. The molecule has 1 fully saturated rings. The topological polar surface area (TPSA) is 37.4 Å². The summed E-state index contributed by atoms with van der Waals surface area (Å²) in [6.45, 7) is 0.614. The molecule has 1 aliphatic rings. The van der Waals surface area contributed by atoms with Crippen LogP contribution in [-0.2, 0) is 10.0 Å². The fraction of sp³-hybridized carbons (Fsp3) is 0.294. The second kappa shape index (κ2) is 7.73. The largest absolute Gasteiger partial charge is 0.243 e. The van der Waals surface area contributed by atoms with Crippen LogP contribution in [0, 0.1) is 11.6 Å². The molecule has 0 aromatic heterocycles. The highest BCUT2D eigenvalue weighted by atomic mass is 79.9. The van der Waals surface area contributed by atoms with E-state index in [-0.39, 0.29) is 16.7 Å². The summed E-state index contributed by atoms with van der Waals surface area (Å²) in [7, 11) is -3.59. The summed E-state index contributed by atoms with van der Waals surface area (Å²) in [6, 6.07) is 9.89. The van der Waals surface area contributed by atoms with Gasteiger partial charge in [-0.05, 0) is 48.9 Å².